The van der Waals surface area contributed by atoms with E-state index in [1.165, 1.54) is 21.3 Å². The van der Waals surface area contributed by atoms with Gasteiger partial charge < -0.3 is 0 Å². The normalized spacial score (nSPS) is 11.0. The molecule has 0 N–H and O–H groups in total. The van der Waals surface area contributed by atoms with Crippen LogP contribution < -0.4 is 4.57 Å². The molecule has 0 aliphatic rings. The highest BCUT2D eigenvalue weighted by Crippen LogP contribution is 2.26. The van der Waals surface area contributed by atoms with Gasteiger partial charge in [0.2, 0.25) is 0 Å². The van der Waals surface area contributed by atoms with E-state index >= 15 is 0 Å². The van der Waals surface area contributed by atoms with Crippen molar-refractivity contribution < 1.29 is 4.57 Å². The van der Waals surface area contributed by atoms with E-state index in [0.717, 1.165) is 6.42 Å². The predicted molar refractivity (Wildman–Crippen MR) is 57.1 cm³/mol. The van der Waals surface area contributed by atoms with E-state index in [0.29, 0.717) is 0 Å². The summed E-state index contributed by atoms with van der Waals surface area (Å²) < 4.78 is 3.67. The highest BCUT2D eigenvalue weighted by molar-refractivity contribution is 7.17. The molecule has 0 saturated heterocycles. The number of thiophene rings is 1. The standard InChI is InChI=1S/C11H14NS/c1-4-10-11-9(5-6-12(10)3)8(2)7-13-11/h5-7H,4H2,1-3H3/q+1. The van der Waals surface area contributed by atoms with Gasteiger partial charge in [-0.2, -0.15) is 0 Å². The van der Waals surface area contributed by atoms with Crippen LogP contribution >= 0.6 is 11.3 Å². The molecule has 2 rings (SSSR count). The van der Waals surface area contributed by atoms with Gasteiger partial charge in [-0.25, -0.2) is 4.57 Å². The third-order valence-corrected chi connectivity index (χ3v) is 3.67. The van der Waals surface area contributed by atoms with Crippen molar-refractivity contribution in [1.82, 2.24) is 0 Å². The average molecular weight is 192 g/mol. The highest BCUT2D eigenvalue weighted by atomic mass is 32.1. The van der Waals surface area contributed by atoms with Crippen LogP contribution in [-0.2, 0) is 13.5 Å². The van der Waals surface area contributed by atoms with Crippen molar-refractivity contribution in [3.63, 3.8) is 0 Å². The minimum Gasteiger partial charge on any atom is -0.204 e. The summed E-state index contributed by atoms with van der Waals surface area (Å²) in [5.74, 6) is 0. The first-order valence-electron chi connectivity index (χ1n) is 4.59. The van der Waals surface area contributed by atoms with Crippen LogP contribution in [0.2, 0.25) is 0 Å². The number of nitrogens with zero attached hydrogens (tertiary/aromatic N) is 1. The van der Waals surface area contributed by atoms with Gasteiger partial charge in [-0.15, -0.1) is 11.3 Å². The molecule has 0 bridgehead atoms. The van der Waals surface area contributed by atoms with Crippen LogP contribution in [0.1, 0.15) is 18.2 Å². The van der Waals surface area contributed by atoms with Crippen molar-refractivity contribution in [2.45, 2.75) is 20.3 Å². The largest absolute Gasteiger partial charge is 0.204 e. The van der Waals surface area contributed by atoms with E-state index < -0.39 is 0 Å². The number of hydrogen-bond donors (Lipinski definition) is 0. The first-order valence-corrected chi connectivity index (χ1v) is 5.47. The molecule has 0 atom stereocenters. The molecule has 0 unspecified atom stereocenters. The molecular weight excluding hydrogens is 178 g/mol. The summed E-state index contributed by atoms with van der Waals surface area (Å²) in [6, 6.07) is 2.21. The number of rotatable bonds is 1. The highest BCUT2D eigenvalue weighted by Gasteiger charge is 2.12. The topological polar surface area (TPSA) is 3.88 Å². The van der Waals surface area contributed by atoms with E-state index in [-0.39, 0.29) is 0 Å². The zero-order valence-corrected chi connectivity index (χ0v) is 9.11. The monoisotopic (exact) mass is 192 g/mol. The Morgan fingerprint density at radius 3 is 2.92 bits per heavy atom. The molecule has 2 heteroatoms. The minimum atomic E-state index is 1.10. The fraction of sp³-hybridized carbons (Fsp3) is 0.364. The van der Waals surface area contributed by atoms with E-state index in [1.807, 2.05) is 11.3 Å². The zero-order chi connectivity index (χ0) is 9.42. The van der Waals surface area contributed by atoms with E-state index in [1.54, 1.807) is 0 Å². The van der Waals surface area contributed by atoms with Crippen molar-refractivity contribution in [2.24, 2.45) is 7.05 Å². The van der Waals surface area contributed by atoms with Crippen LogP contribution in [0.3, 0.4) is 0 Å². The first kappa shape index (κ1) is 8.70. The Bertz CT molecular complexity index is 443. The maximum Gasteiger partial charge on any atom is 0.198 e. The van der Waals surface area contributed by atoms with Crippen LogP contribution in [0.5, 0.6) is 0 Å². The average Bonchev–Trinajstić information content (AvgIpc) is 2.48. The SMILES string of the molecule is CCc1c2scc(C)c2cc[n+]1C. The predicted octanol–water partition coefficient (Wildman–Crippen LogP) is 2.60. The number of aromatic nitrogens is 1. The Labute approximate surface area is 82.6 Å². The smallest absolute Gasteiger partial charge is 0.198 e. The van der Waals surface area contributed by atoms with E-state index in [2.05, 4.69) is 43.1 Å². The summed E-state index contributed by atoms with van der Waals surface area (Å²) in [5, 5.41) is 3.66. The summed E-state index contributed by atoms with van der Waals surface area (Å²) in [4.78, 5) is 0. The molecule has 2 heterocycles. The van der Waals surface area contributed by atoms with Gasteiger partial charge in [-0.1, -0.05) is 6.92 Å². The second-order valence-corrected chi connectivity index (χ2v) is 4.27. The molecule has 1 nitrogen and oxygen atoms in total. The lowest BCUT2D eigenvalue weighted by Gasteiger charge is -1.97. The van der Waals surface area contributed by atoms with Gasteiger partial charge in [0.25, 0.3) is 0 Å². The third-order valence-electron chi connectivity index (χ3n) is 2.51. The Morgan fingerprint density at radius 1 is 1.46 bits per heavy atom. The molecule has 2 aromatic heterocycles. The third kappa shape index (κ3) is 1.25. The number of hydrogen-bond acceptors (Lipinski definition) is 1. The van der Waals surface area contributed by atoms with Crippen molar-refractivity contribution in [3.8, 4) is 0 Å². The molecular formula is C11H14NS+. The second-order valence-electron chi connectivity index (χ2n) is 3.39. The van der Waals surface area contributed by atoms with Crippen LogP contribution in [0.15, 0.2) is 17.6 Å². The maximum absolute atomic E-state index is 2.24. The van der Waals surface area contributed by atoms with Crippen molar-refractivity contribution >= 4 is 21.4 Å². The van der Waals surface area contributed by atoms with Crippen LogP contribution in [0.4, 0.5) is 0 Å². The van der Waals surface area contributed by atoms with E-state index in [4.69, 9.17) is 0 Å². The van der Waals surface area contributed by atoms with Gasteiger partial charge >= 0.3 is 0 Å². The summed E-state index contributed by atoms with van der Waals surface area (Å²) in [6.45, 7) is 4.39. The molecule has 0 saturated carbocycles. The molecule has 2 aromatic rings. The van der Waals surface area contributed by atoms with Crippen LogP contribution in [-0.4, -0.2) is 0 Å². The van der Waals surface area contributed by atoms with Gasteiger partial charge in [0, 0.05) is 17.9 Å². The van der Waals surface area contributed by atoms with Gasteiger partial charge in [0.1, 0.15) is 11.7 Å². The molecule has 0 amide bonds. The van der Waals surface area contributed by atoms with Gasteiger partial charge in [0.15, 0.2) is 11.9 Å². The number of fused-ring (bicyclic) bond motifs is 1. The molecule has 0 aromatic carbocycles. The van der Waals surface area contributed by atoms with Crippen molar-refractivity contribution in [2.75, 3.05) is 0 Å². The Hall–Kier alpha value is -0.890. The Balaban J connectivity index is 2.85. The molecule has 0 fully saturated rings. The summed E-state index contributed by atoms with van der Waals surface area (Å²) in [6.07, 6.45) is 3.26. The van der Waals surface area contributed by atoms with Gasteiger partial charge in [-0.05, 0) is 17.9 Å². The maximum atomic E-state index is 2.24. The Morgan fingerprint density at radius 2 is 2.23 bits per heavy atom. The van der Waals surface area contributed by atoms with Crippen molar-refractivity contribution in [3.05, 3.63) is 28.9 Å². The lowest BCUT2D eigenvalue weighted by molar-refractivity contribution is -0.677. The van der Waals surface area contributed by atoms with Crippen LogP contribution in [0.25, 0.3) is 10.1 Å². The lowest BCUT2D eigenvalue weighted by atomic mass is 10.2. The molecule has 0 aliphatic carbocycles. The molecule has 0 aliphatic heterocycles. The Kier molecular flexibility index (Phi) is 2.08. The van der Waals surface area contributed by atoms with E-state index in [9.17, 15) is 0 Å². The first-order chi connectivity index (χ1) is 6.24. The fourth-order valence-electron chi connectivity index (χ4n) is 1.73. The minimum absolute atomic E-state index is 1.10. The summed E-state index contributed by atoms with van der Waals surface area (Å²) in [7, 11) is 2.12. The fourth-order valence-corrected chi connectivity index (χ4v) is 2.93. The molecule has 0 spiro atoms. The summed E-state index contributed by atoms with van der Waals surface area (Å²) in [5.41, 5.74) is 2.84. The molecule has 0 radical (unpaired) electrons. The van der Waals surface area contributed by atoms with Crippen LogP contribution in [0, 0.1) is 6.92 Å². The quantitative estimate of drug-likeness (QED) is 0.611. The molecule has 13 heavy (non-hydrogen) atoms. The van der Waals surface area contributed by atoms with Gasteiger partial charge in [-0.3, -0.25) is 0 Å². The zero-order valence-electron chi connectivity index (χ0n) is 8.29. The van der Waals surface area contributed by atoms with Crippen molar-refractivity contribution in [1.29, 1.82) is 0 Å². The lowest BCUT2D eigenvalue weighted by Crippen LogP contribution is -2.32. The second kappa shape index (κ2) is 3.11. The van der Waals surface area contributed by atoms with Gasteiger partial charge in [0.05, 0.1) is 0 Å². The number of aryl methyl sites for hydroxylation is 3. The summed E-state index contributed by atoms with van der Waals surface area (Å²) >= 11 is 1.86. The molecule has 68 valence electrons. The number of pyridine rings is 1.